The fourth-order valence-electron chi connectivity index (χ4n) is 10.9. The molecule has 0 amide bonds. The Balaban J connectivity index is 1.31. The van der Waals surface area contributed by atoms with Gasteiger partial charge in [0, 0.05) is 43.7 Å². The van der Waals surface area contributed by atoms with Crippen LogP contribution in [0.5, 0.6) is 11.5 Å². The monoisotopic (exact) mass is 627 g/mol. The molecule has 5 fully saturated rings. The maximum absolute atomic E-state index is 12.9. The summed E-state index contributed by atoms with van der Waals surface area (Å²) in [5, 5.41) is 12.5. The van der Waals surface area contributed by atoms with Crippen LogP contribution in [-0.2, 0) is 30.8 Å². The molecule has 250 valence electrons. The van der Waals surface area contributed by atoms with Gasteiger partial charge >= 0.3 is 6.16 Å². The molecule has 5 aliphatic carbocycles. The van der Waals surface area contributed by atoms with Crippen molar-refractivity contribution in [2.24, 2.45) is 22.7 Å². The number of aliphatic hydroxyl groups is 1. The molecule has 0 radical (unpaired) electrons. The molecule has 8 rings (SSSR count). The predicted octanol–water partition coefficient (Wildman–Crippen LogP) is 5.28. The first-order valence-corrected chi connectivity index (χ1v) is 17.1. The molecule has 7 aliphatic rings. The van der Waals surface area contributed by atoms with Crippen molar-refractivity contribution in [2.45, 2.75) is 108 Å². The minimum absolute atomic E-state index is 0.0866. The average molecular weight is 628 g/mol. The van der Waals surface area contributed by atoms with Gasteiger partial charge in [0.2, 0.25) is 0 Å². The SMILES string of the molecule is COCCOCCOC(=O)Oc1ccc2c3c1O[C@@]1(C)[C@]34CCN(CC3CC3)[C@H](C2)[C@]42CC[C@@]1(OC)[C@@H]([C@](C)(O)C(C)(C)C)C2. The normalized spacial score (nSPS) is 37.5. The fraction of sp³-hybridized carbons (Fsp3) is 0.806. The lowest BCUT2D eigenvalue weighted by molar-refractivity contribution is -0.345. The highest BCUT2D eigenvalue weighted by Crippen LogP contribution is 2.81. The zero-order valence-electron chi connectivity index (χ0n) is 28.3. The Hall–Kier alpha value is -1.91. The van der Waals surface area contributed by atoms with Crippen LogP contribution in [-0.4, -0.2) is 92.7 Å². The van der Waals surface area contributed by atoms with Crippen molar-refractivity contribution in [2.75, 3.05) is 53.7 Å². The third-order valence-corrected chi connectivity index (χ3v) is 13.6. The molecule has 0 aromatic heterocycles. The Bertz CT molecular complexity index is 1340. The topological polar surface area (TPSA) is 95.9 Å². The number of nitrogens with zero attached hydrogens (tertiary/aromatic N) is 1. The van der Waals surface area contributed by atoms with Gasteiger partial charge in [-0.1, -0.05) is 26.8 Å². The van der Waals surface area contributed by atoms with E-state index >= 15 is 0 Å². The van der Waals surface area contributed by atoms with Crippen LogP contribution in [0.4, 0.5) is 4.79 Å². The summed E-state index contributed by atoms with van der Waals surface area (Å²) in [6, 6.07) is 4.39. The maximum atomic E-state index is 12.9. The van der Waals surface area contributed by atoms with Gasteiger partial charge in [-0.3, -0.25) is 4.90 Å². The van der Waals surface area contributed by atoms with Gasteiger partial charge in [0.15, 0.2) is 11.5 Å². The van der Waals surface area contributed by atoms with Crippen molar-refractivity contribution in [3.8, 4) is 11.5 Å². The Morgan fingerprint density at radius 3 is 2.51 bits per heavy atom. The van der Waals surface area contributed by atoms with Crippen molar-refractivity contribution < 1.29 is 38.3 Å². The first-order chi connectivity index (χ1) is 21.3. The van der Waals surface area contributed by atoms with Gasteiger partial charge < -0.3 is 33.5 Å². The summed E-state index contributed by atoms with van der Waals surface area (Å²) in [7, 11) is 3.43. The van der Waals surface area contributed by atoms with Crippen LogP contribution in [0.15, 0.2) is 12.1 Å². The number of carbonyl (C=O) groups is 1. The minimum Gasteiger partial charge on any atom is -0.479 e. The maximum Gasteiger partial charge on any atom is 0.514 e. The number of carbonyl (C=O) groups excluding carboxylic acids is 1. The van der Waals surface area contributed by atoms with E-state index in [9.17, 15) is 9.90 Å². The molecule has 1 N–H and O–H groups in total. The van der Waals surface area contributed by atoms with E-state index in [2.05, 4.69) is 38.7 Å². The minimum atomic E-state index is -1.01. The van der Waals surface area contributed by atoms with Gasteiger partial charge in [0.05, 0.1) is 30.8 Å². The number of fused-ring (bicyclic) bond motifs is 2. The lowest BCUT2D eigenvalue weighted by Crippen LogP contribution is -2.87. The molecule has 9 heteroatoms. The van der Waals surface area contributed by atoms with Gasteiger partial charge in [0.25, 0.3) is 0 Å². The van der Waals surface area contributed by atoms with Crippen molar-refractivity contribution in [1.82, 2.24) is 4.90 Å². The molecular formula is C36H53NO8. The summed E-state index contributed by atoms with van der Waals surface area (Å²) in [4.78, 5) is 15.7. The number of methoxy groups -OCH3 is 2. The van der Waals surface area contributed by atoms with Crippen LogP contribution in [0.1, 0.15) is 84.3 Å². The molecule has 0 unspecified atom stereocenters. The molecule has 9 nitrogen and oxygen atoms in total. The summed E-state index contributed by atoms with van der Waals surface area (Å²) < 4.78 is 35.8. The standard InChI is InChI=1S/C36H53NO8/c1-31(2,3)32(4,39)26-21-34-12-13-36(26,41-7)33(5)35(34)14-15-37(22-23-8-9-23)27(34)20-24-10-11-25(29(45-33)28(24)35)44-30(38)43-19-18-42-17-16-40-6/h10-11,23,26-27,39H,8-9,12-22H2,1-7H3/t26-,27-,32+,33+,34-,35+,36-/m1/s1. The second-order valence-electron chi connectivity index (χ2n) is 16.1. The molecule has 1 aromatic rings. The number of hydrogen-bond donors (Lipinski definition) is 1. The molecule has 2 aliphatic heterocycles. The Morgan fingerprint density at radius 1 is 1.07 bits per heavy atom. The summed E-state index contributed by atoms with van der Waals surface area (Å²) in [5.74, 6) is 1.70. The smallest absolute Gasteiger partial charge is 0.479 e. The highest BCUT2D eigenvalue weighted by Gasteiger charge is 2.87. The second-order valence-corrected chi connectivity index (χ2v) is 16.1. The molecule has 45 heavy (non-hydrogen) atoms. The van der Waals surface area contributed by atoms with E-state index in [-0.39, 0.29) is 35.4 Å². The van der Waals surface area contributed by atoms with E-state index in [1.807, 2.05) is 20.1 Å². The predicted molar refractivity (Wildman–Crippen MR) is 168 cm³/mol. The number of likely N-dealkylation sites (tertiary alicyclic amines) is 1. The highest BCUT2D eigenvalue weighted by atomic mass is 16.7. The van der Waals surface area contributed by atoms with E-state index in [1.165, 1.54) is 24.0 Å². The molecule has 2 heterocycles. The van der Waals surface area contributed by atoms with Crippen LogP contribution >= 0.6 is 0 Å². The van der Waals surface area contributed by atoms with Crippen LogP contribution in [0.25, 0.3) is 0 Å². The number of benzene rings is 1. The van der Waals surface area contributed by atoms with Crippen LogP contribution in [0.3, 0.4) is 0 Å². The van der Waals surface area contributed by atoms with Gasteiger partial charge in [-0.15, -0.1) is 0 Å². The second kappa shape index (κ2) is 10.5. The lowest BCUT2D eigenvalue weighted by atomic mass is 9.30. The first kappa shape index (κ1) is 31.7. The summed E-state index contributed by atoms with van der Waals surface area (Å²) >= 11 is 0. The summed E-state index contributed by atoms with van der Waals surface area (Å²) in [6.07, 6.45) is 6.49. The number of ether oxygens (including phenoxy) is 6. The number of rotatable bonds is 11. The molecule has 1 saturated heterocycles. The average Bonchev–Trinajstić information content (AvgIpc) is 3.76. The van der Waals surface area contributed by atoms with E-state index in [4.69, 9.17) is 28.4 Å². The van der Waals surface area contributed by atoms with Crippen molar-refractivity contribution >= 4 is 6.16 Å². The zero-order valence-corrected chi connectivity index (χ0v) is 28.3. The Labute approximate surface area is 268 Å². The summed E-state index contributed by atoms with van der Waals surface area (Å²) in [5.41, 5.74) is -0.837. The van der Waals surface area contributed by atoms with Gasteiger partial charge in [0.1, 0.15) is 17.8 Å². The quantitative estimate of drug-likeness (QED) is 0.200. The van der Waals surface area contributed by atoms with Crippen molar-refractivity contribution in [3.05, 3.63) is 23.3 Å². The highest BCUT2D eigenvalue weighted by molar-refractivity contribution is 5.70. The van der Waals surface area contributed by atoms with Crippen molar-refractivity contribution in [1.29, 1.82) is 0 Å². The van der Waals surface area contributed by atoms with Crippen molar-refractivity contribution in [3.63, 3.8) is 0 Å². The van der Waals surface area contributed by atoms with E-state index in [0.29, 0.717) is 30.8 Å². The van der Waals surface area contributed by atoms with Crippen LogP contribution in [0, 0.1) is 22.7 Å². The van der Waals surface area contributed by atoms with Gasteiger partial charge in [-0.25, -0.2) is 4.79 Å². The van der Waals surface area contributed by atoms with Gasteiger partial charge in [-0.2, -0.15) is 0 Å². The van der Waals surface area contributed by atoms with Crippen LogP contribution in [0.2, 0.25) is 0 Å². The Morgan fingerprint density at radius 2 is 1.82 bits per heavy atom. The van der Waals surface area contributed by atoms with Crippen LogP contribution < -0.4 is 9.47 Å². The fourth-order valence-corrected chi connectivity index (χ4v) is 10.9. The van der Waals surface area contributed by atoms with E-state index in [0.717, 1.165) is 51.1 Å². The number of piperidine rings is 1. The largest absolute Gasteiger partial charge is 0.514 e. The first-order valence-electron chi connectivity index (χ1n) is 17.1. The lowest BCUT2D eigenvalue weighted by Gasteiger charge is -2.78. The molecule has 1 aromatic carbocycles. The third kappa shape index (κ3) is 4.12. The molecule has 2 spiro atoms. The molecule has 4 bridgehead atoms. The Kier molecular flexibility index (Phi) is 7.42. The van der Waals surface area contributed by atoms with E-state index < -0.39 is 23.0 Å². The summed E-state index contributed by atoms with van der Waals surface area (Å²) in [6.45, 7) is 14.1. The molecule has 4 saturated carbocycles. The van der Waals surface area contributed by atoms with Gasteiger partial charge in [-0.05, 0) is 88.3 Å². The number of hydrogen-bond acceptors (Lipinski definition) is 9. The molecule has 7 atom stereocenters. The van der Waals surface area contributed by atoms with E-state index in [1.54, 1.807) is 7.11 Å². The molecular weight excluding hydrogens is 574 g/mol. The third-order valence-electron chi connectivity index (χ3n) is 13.6. The zero-order chi connectivity index (χ0) is 32.0.